The van der Waals surface area contributed by atoms with Crippen LogP contribution < -0.4 is 10.5 Å². The van der Waals surface area contributed by atoms with E-state index in [0.717, 1.165) is 30.7 Å². The molecule has 1 aliphatic rings. The maximum absolute atomic E-state index is 6.08. The SMILES string of the molecule is COc1ccc(C(CN)N2CCCC(C(C)C)CC2)cc1. The number of hydrogen-bond donors (Lipinski definition) is 1. The molecule has 0 spiro atoms. The molecule has 0 saturated carbocycles. The molecule has 118 valence electrons. The molecule has 1 aromatic carbocycles. The summed E-state index contributed by atoms with van der Waals surface area (Å²) in [6.45, 7) is 7.71. The van der Waals surface area contributed by atoms with Crippen molar-refractivity contribution >= 4 is 0 Å². The van der Waals surface area contributed by atoms with Crippen LogP contribution in [0, 0.1) is 11.8 Å². The number of nitrogens with zero attached hydrogens (tertiary/aromatic N) is 1. The lowest BCUT2D eigenvalue weighted by atomic mass is 9.89. The minimum absolute atomic E-state index is 0.335. The van der Waals surface area contributed by atoms with E-state index in [-0.39, 0.29) is 0 Å². The van der Waals surface area contributed by atoms with Gasteiger partial charge in [-0.3, -0.25) is 4.90 Å². The lowest BCUT2D eigenvalue weighted by Crippen LogP contribution is -2.34. The molecule has 2 unspecified atom stereocenters. The standard InChI is InChI=1S/C18H30N2O/c1-14(2)15-5-4-11-20(12-10-15)18(13-19)16-6-8-17(21-3)9-7-16/h6-9,14-15,18H,4-5,10-13,19H2,1-3H3. The maximum Gasteiger partial charge on any atom is 0.118 e. The summed E-state index contributed by atoms with van der Waals surface area (Å²) < 4.78 is 5.24. The van der Waals surface area contributed by atoms with Gasteiger partial charge in [0.15, 0.2) is 0 Å². The number of benzene rings is 1. The Bertz CT molecular complexity index is 416. The predicted molar refractivity (Wildman–Crippen MR) is 88.5 cm³/mol. The van der Waals surface area contributed by atoms with Crippen LogP contribution in [0.3, 0.4) is 0 Å². The van der Waals surface area contributed by atoms with Gasteiger partial charge < -0.3 is 10.5 Å². The van der Waals surface area contributed by atoms with Crippen molar-refractivity contribution in [1.29, 1.82) is 0 Å². The third-order valence-electron chi connectivity index (χ3n) is 4.91. The average Bonchev–Trinajstić information content (AvgIpc) is 2.75. The van der Waals surface area contributed by atoms with E-state index in [4.69, 9.17) is 10.5 Å². The number of rotatable bonds is 5. The summed E-state index contributed by atoms with van der Waals surface area (Å²) in [4.78, 5) is 2.57. The predicted octanol–water partition coefficient (Wildman–Crippen LogP) is 3.45. The molecule has 0 aromatic heterocycles. The first kappa shape index (κ1) is 16.3. The fourth-order valence-electron chi connectivity index (χ4n) is 3.44. The molecule has 1 fully saturated rings. The van der Waals surface area contributed by atoms with E-state index in [1.54, 1.807) is 7.11 Å². The molecular formula is C18H30N2O. The van der Waals surface area contributed by atoms with Crippen LogP contribution >= 0.6 is 0 Å². The molecule has 1 aliphatic heterocycles. The van der Waals surface area contributed by atoms with Crippen molar-refractivity contribution < 1.29 is 4.74 Å². The summed E-state index contributed by atoms with van der Waals surface area (Å²) in [5.41, 5.74) is 7.39. The van der Waals surface area contributed by atoms with E-state index in [1.807, 2.05) is 12.1 Å². The third-order valence-corrected chi connectivity index (χ3v) is 4.91. The normalized spacial score (nSPS) is 22.0. The Morgan fingerprint density at radius 1 is 1.19 bits per heavy atom. The van der Waals surface area contributed by atoms with Crippen LogP contribution in [0.2, 0.25) is 0 Å². The summed E-state index contributed by atoms with van der Waals surface area (Å²) in [6.07, 6.45) is 3.94. The summed E-state index contributed by atoms with van der Waals surface area (Å²) in [5.74, 6) is 2.57. The van der Waals surface area contributed by atoms with E-state index in [2.05, 4.69) is 30.9 Å². The van der Waals surface area contributed by atoms with Gasteiger partial charge in [-0.25, -0.2) is 0 Å². The van der Waals surface area contributed by atoms with Crippen LogP contribution in [0.1, 0.15) is 44.7 Å². The highest BCUT2D eigenvalue weighted by Gasteiger charge is 2.24. The van der Waals surface area contributed by atoms with Gasteiger partial charge in [0, 0.05) is 12.6 Å². The first-order valence-electron chi connectivity index (χ1n) is 8.23. The van der Waals surface area contributed by atoms with Crippen LogP contribution in [0.4, 0.5) is 0 Å². The number of likely N-dealkylation sites (tertiary alicyclic amines) is 1. The summed E-state index contributed by atoms with van der Waals surface area (Å²) in [5, 5.41) is 0. The average molecular weight is 290 g/mol. The number of nitrogens with two attached hydrogens (primary N) is 1. The minimum atomic E-state index is 0.335. The molecule has 3 nitrogen and oxygen atoms in total. The van der Waals surface area contributed by atoms with Gasteiger partial charge in [-0.05, 0) is 61.9 Å². The van der Waals surface area contributed by atoms with Crippen molar-refractivity contribution in [3.8, 4) is 5.75 Å². The van der Waals surface area contributed by atoms with Gasteiger partial charge in [0.05, 0.1) is 7.11 Å². The highest BCUT2D eigenvalue weighted by Crippen LogP contribution is 2.29. The van der Waals surface area contributed by atoms with Gasteiger partial charge in [-0.1, -0.05) is 26.0 Å². The molecule has 0 radical (unpaired) electrons. The second kappa shape index (κ2) is 7.81. The zero-order chi connectivity index (χ0) is 15.2. The Balaban J connectivity index is 2.05. The number of ether oxygens (including phenoxy) is 1. The van der Waals surface area contributed by atoms with Gasteiger partial charge >= 0.3 is 0 Å². The van der Waals surface area contributed by atoms with E-state index < -0.39 is 0 Å². The molecule has 1 heterocycles. The molecule has 0 amide bonds. The Morgan fingerprint density at radius 2 is 1.90 bits per heavy atom. The van der Waals surface area contributed by atoms with Gasteiger partial charge in [-0.15, -0.1) is 0 Å². The zero-order valence-corrected chi connectivity index (χ0v) is 13.7. The monoisotopic (exact) mass is 290 g/mol. The number of hydrogen-bond acceptors (Lipinski definition) is 3. The summed E-state index contributed by atoms with van der Waals surface area (Å²) in [6, 6.07) is 8.71. The van der Waals surface area contributed by atoms with Crippen LogP contribution in [0.25, 0.3) is 0 Å². The van der Waals surface area contributed by atoms with Crippen LogP contribution in [-0.4, -0.2) is 31.6 Å². The van der Waals surface area contributed by atoms with Crippen molar-refractivity contribution in [2.75, 3.05) is 26.7 Å². The van der Waals surface area contributed by atoms with Crippen LogP contribution in [-0.2, 0) is 0 Å². The van der Waals surface area contributed by atoms with Crippen molar-refractivity contribution in [3.05, 3.63) is 29.8 Å². The van der Waals surface area contributed by atoms with Gasteiger partial charge in [-0.2, -0.15) is 0 Å². The Kier molecular flexibility index (Phi) is 6.07. The van der Waals surface area contributed by atoms with Crippen molar-refractivity contribution in [2.45, 2.75) is 39.2 Å². The molecular weight excluding hydrogens is 260 g/mol. The molecule has 2 N–H and O–H groups in total. The first-order chi connectivity index (χ1) is 10.2. The van der Waals surface area contributed by atoms with E-state index in [9.17, 15) is 0 Å². The minimum Gasteiger partial charge on any atom is -0.497 e. The van der Waals surface area contributed by atoms with Crippen molar-refractivity contribution in [2.24, 2.45) is 17.6 Å². The smallest absolute Gasteiger partial charge is 0.118 e. The topological polar surface area (TPSA) is 38.5 Å². The molecule has 3 heteroatoms. The van der Waals surface area contributed by atoms with Crippen LogP contribution in [0.15, 0.2) is 24.3 Å². The van der Waals surface area contributed by atoms with Gasteiger partial charge in [0.1, 0.15) is 5.75 Å². The van der Waals surface area contributed by atoms with Crippen LogP contribution in [0.5, 0.6) is 5.75 Å². The molecule has 0 aliphatic carbocycles. The quantitative estimate of drug-likeness (QED) is 0.902. The molecule has 1 saturated heterocycles. The largest absolute Gasteiger partial charge is 0.497 e. The first-order valence-corrected chi connectivity index (χ1v) is 8.23. The van der Waals surface area contributed by atoms with Gasteiger partial charge in [0.25, 0.3) is 0 Å². The van der Waals surface area contributed by atoms with Crippen molar-refractivity contribution in [3.63, 3.8) is 0 Å². The lowest BCUT2D eigenvalue weighted by molar-refractivity contribution is 0.204. The molecule has 21 heavy (non-hydrogen) atoms. The Morgan fingerprint density at radius 3 is 2.48 bits per heavy atom. The zero-order valence-electron chi connectivity index (χ0n) is 13.7. The lowest BCUT2D eigenvalue weighted by Gasteiger charge is -2.30. The molecule has 2 rings (SSSR count). The molecule has 2 atom stereocenters. The fraction of sp³-hybridized carbons (Fsp3) is 0.667. The van der Waals surface area contributed by atoms with E-state index >= 15 is 0 Å². The number of methoxy groups -OCH3 is 1. The highest BCUT2D eigenvalue weighted by atomic mass is 16.5. The second-order valence-corrected chi connectivity index (χ2v) is 6.50. The van der Waals surface area contributed by atoms with E-state index in [0.29, 0.717) is 12.6 Å². The maximum atomic E-state index is 6.08. The third kappa shape index (κ3) is 4.21. The van der Waals surface area contributed by atoms with E-state index in [1.165, 1.54) is 24.8 Å². The molecule has 0 bridgehead atoms. The van der Waals surface area contributed by atoms with Crippen molar-refractivity contribution in [1.82, 2.24) is 4.90 Å². The highest BCUT2D eigenvalue weighted by molar-refractivity contribution is 5.29. The molecule has 1 aromatic rings. The van der Waals surface area contributed by atoms with Gasteiger partial charge in [0.2, 0.25) is 0 Å². The fourth-order valence-corrected chi connectivity index (χ4v) is 3.44. The Labute approximate surface area is 129 Å². The summed E-state index contributed by atoms with van der Waals surface area (Å²) in [7, 11) is 1.70. The second-order valence-electron chi connectivity index (χ2n) is 6.50. The Hall–Kier alpha value is -1.06. The summed E-state index contributed by atoms with van der Waals surface area (Å²) >= 11 is 0.